The van der Waals surface area contributed by atoms with Gasteiger partial charge >= 0.3 is 0 Å². The minimum atomic E-state index is 0.527. The molecule has 3 rings (SSSR count). The molecular weight excluding hydrogens is 260 g/mol. The fourth-order valence-corrected chi connectivity index (χ4v) is 3.31. The number of pyridine rings is 1. The molecular formula is C17H26N4. The Labute approximate surface area is 127 Å². The molecule has 0 aliphatic heterocycles. The van der Waals surface area contributed by atoms with Crippen LogP contribution in [0.5, 0.6) is 0 Å². The maximum atomic E-state index is 4.29. The molecule has 2 aromatic rings. The van der Waals surface area contributed by atoms with Gasteiger partial charge in [-0.25, -0.2) is 0 Å². The van der Waals surface area contributed by atoms with Crippen molar-refractivity contribution in [1.82, 2.24) is 19.9 Å². The molecule has 0 aromatic carbocycles. The molecule has 0 spiro atoms. The second-order valence-electron chi connectivity index (χ2n) is 7.04. The van der Waals surface area contributed by atoms with Crippen LogP contribution >= 0.6 is 0 Å². The van der Waals surface area contributed by atoms with Crippen LogP contribution in [0.25, 0.3) is 5.65 Å². The van der Waals surface area contributed by atoms with Crippen molar-refractivity contribution < 1.29 is 0 Å². The fraction of sp³-hybridized carbons (Fsp3) is 0.647. The highest BCUT2D eigenvalue weighted by Crippen LogP contribution is 2.33. The number of aromatic nitrogens is 3. The zero-order chi connectivity index (χ0) is 14.7. The van der Waals surface area contributed by atoms with Gasteiger partial charge in [-0.2, -0.15) is 0 Å². The van der Waals surface area contributed by atoms with Gasteiger partial charge in [-0.3, -0.25) is 4.40 Å². The van der Waals surface area contributed by atoms with Crippen molar-refractivity contribution >= 4 is 5.65 Å². The predicted octanol–water partition coefficient (Wildman–Crippen LogP) is 3.22. The van der Waals surface area contributed by atoms with Gasteiger partial charge in [0.1, 0.15) is 5.82 Å². The van der Waals surface area contributed by atoms with E-state index < -0.39 is 0 Å². The van der Waals surface area contributed by atoms with Crippen molar-refractivity contribution in [3.05, 3.63) is 30.2 Å². The first-order valence-corrected chi connectivity index (χ1v) is 8.16. The van der Waals surface area contributed by atoms with Crippen LogP contribution in [0.1, 0.15) is 51.8 Å². The van der Waals surface area contributed by atoms with Crippen molar-refractivity contribution in [2.45, 2.75) is 58.4 Å². The molecule has 4 nitrogen and oxygen atoms in total. The molecule has 1 unspecified atom stereocenters. The van der Waals surface area contributed by atoms with Crippen LogP contribution in [0.4, 0.5) is 0 Å². The SMILES string of the molecule is CC1(C)CCCC(NCCc2nnc3ccccn23)CC1. The van der Waals surface area contributed by atoms with Crippen LogP contribution in [-0.2, 0) is 6.42 Å². The first-order chi connectivity index (χ1) is 10.1. The van der Waals surface area contributed by atoms with Crippen LogP contribution in [-0.4, -0.2) is 27.2 Å². The summed E-state index contributed by atoms with van der Waals surface area (Å²) in [7, 11) is 0. The normalized spacial score (nSPS) is 22.3. The minimum Gasteiger partial charge on any atom is -0.314 e. The second-order valence-corrected chi connectivity index (χ2v) is 7.04. The number of fused-ring (bicyclic) bond motifs is 1. The van der Waals surface area contributed by atoms with Crippen molar-refractivity contribution in [2.24, 2.45) is 5.41 Å². The Morgan fingerprint density at radius 3 is 3.05 bits per heavy atom. The molecule has 0 amide bonds. The van der Waals surface area contributed by atoms with E-state index in [1.807, 2.05) is 24.4 Å². The maximum Gasteiger partial charge on any atom is 0.160 e. The summed E-state index contributed by atoms with van der Waals surface area (Å²) in [5.41, 5.74) is 1.46. The van der Waals surface area contributed by atoms with Crippen LogP contribution < -0.4 is 5.32 Å². The number of hydrogen-bond acceptors (Lipinski definition) is 3. The Balaban J connectivity index is 1.52. The van der Waals surface area contributed by atoms with Crippen LogP contribution in [0.2, 0.25) is 0 Å². The van der Waals surface area contributed by atoms with Crippen LogP contribution in [0.15, 0.2) is 24.4 Å². The van der Waals surface area contributed by atoms with E-state index in [0.29, 0.717) is 11.5 Å². The summed E-state index contributed by atoms with van der Waals surface area (Å²) < 4.78 is 2.08. The predicted molar refractivity (Wildman–Crippen MR) is 85.3 cm³/mol. The van der Waals surface area contributed by atoms with E-state index in [9.17, 15) is 0 Å². The number of hydrogen-bond donors (Lipinski definition) is 1. The summed E-state index contributed by atoms with van der Waals surface area (Å²) in [5, 5.41) is 12.2. The summed E-state index contributed by atoms with van der Waals surface area (Å²) in [6, 6.07) is 6.70. The van der Waals surface area contributed by atoms with Crippen molar-refractivity contribution in [3.8, 4) is 0 Å². The van der Waals surface area contributed by atoms with Gasteiger partial charge in [0.15, 0.2) is 5.65 Å². The second kappa shape index (κ2) is 6.14. The molecule has 0 saturated heterocycles. The van der Waals surface area contributed by atoms with Crippen molar-refractivity contribution in [3.63, 3.8) is 0 Å². The molecule has 1 aliphatic rings. The Hall–Kier alpha value is -1.42. The third-order valence-corrected chi connectivity index (χ3v) is 4.74. The summed E-state index contributed by atoms with van der Waals surface area (Å²) >= 11 is 0. The Kier molecular flexibility index (Phi) is 4.24. The minimum absolute atomic E-state index is 0.527. The molecule has 1 atom stereocenters. The third kappa shape index (κ3) is 3.62. The molecule has 1 saturated carbocycles. The van der Waals surface area contributed by atoms with Crippen molar-refractivity contribution in [2.75, 3.05) is 6.54 Å². The van der Waals surface area contributed by atoms with E-state index in [4.69, 9.17) is 0 Å². The standard InChI is InChI=1S/C17H26N4/c1-17(2)10-5-6-14(8-11-17)18-12-9-16-20-19-15-7-3-4-13-21(15)16/h3-4,7,13-14,18H,5-6,8-12H2,1-2H3. The van der Waals surface area contributed by atoms with Gasteiger partial charge in [0.05, 0.1) is 0 Å². The monoisotopic (exact) mass is 286 g/mol. The van der Waals surface area contributed by atoms with E-state index in [-0.39, 0.29) is 0 Å². The highest BCUT2D eigenvalue weighted by molar-refractivity contribution is 5.36. The maximum absolute atomic E-state index is 4.29. The van der Waals surface area contributed by atoms with E-state index >= 15 is 0 Å². The third-order valence-electron chi connectivity index (χ3n) is 4.74. The average Bonchev–Trinajstić information content (AvgIpc) is 2.79. The van der Waals surface area contributed by atoms with Crippen molar-refractivity contribution in [1.29, 1.82) is 0 Å². The van der Waals surface area contributed by atoms with Crippen LogP contribution in [0.3, 0.4) is 0 Å². The number of nitrogens with zero attached hydrogens (tertiary/aromatic N) is 3. The molecule has 0 bridgehead atoms. The van der Waals surface area contributed by atoms with Gasteiger partial charge in [-0.1, -0.05) is 26.3 Å². The lowest BCUT2D eigenvalue weighted by Gasteiger charge is -2.22. The van der Waals surface area contributed by atoms with Gasteiger partial charge in [0.2, 0.25) is 0 Å². The highest BCUT2D eigenvalue weighted by atomic mass is 15.2. The topological polar surface area (TPSA) is 42.2 Å². The molecule has 21 heavy (non-hydrogen) atoms. The molecule has 4 heteroatoms. The summed E-state index contributed by atoms with van der Waals surface area (Å²) in [6.45, 7) is 5.79. The molecule has 2 heterocycles. The molecule has 1 aliphatic carbocycles. The quantitative estimate of drug-likeness (QED) is 0.878. The highest BCUT2D eigenvalue weighted by Gasteiger charge is 2.23. The van der Waals surface area contributed by atoms with E-state index in [0.717, 1.165) is 24.4 Å². The smallest absolute Gasteiger partial charge is 0.160 e. The Morgan fingerprint density at radius 2 is 2.14 bits per heavy atom. The van der Waals surface area contributed by atoms with Crippen LogP contribution in [0, 0.1) is 5.41 Å². The van der Waals surface area contributed by atoms with Gasteiger partial charge < -0.3 is 5.32 Å². The number of nitrogens with one attached hydrogen (secondary N) is 1. The van der Waals surface area contributed by atoms with E-state index in [1.54, 1.807) is 0 Å². The number of rotatable bonds is 4. The van der Waals surface area contributed by atoms with Gasteiger partial charge in [0.25, 0.3) is 0 Å². The summed E-state index contributed by atoms with van der Waals surface area (Å²) in [6.07, 6.45) is 9.62. The zero-order valence-corrected chi connectivity index (χ0v) is 13.2. The molecule has 2 aromatic heterocycles. The summed E-state index contributed by atoms with van der Waals surface area (Å²) in [4.78, 5) is 0. The molecule has 1 N–H and O–H groups in total. The average molecular weight is 286 g/mol. The lowest BCUT2D eigenvalue weighted by molar-refractivity contribution is 0.310. The summed E-state index contributed by atoms with van der Waals surface area (Å²) in [5.74, 6) is 1.05. The molecule has 114 valence electrons. The van der Waals surface area contributed by atoms with Gasteiger partial charge in [0, 0.05) is 25.2 Å². The Bertz CT molecular complexity index is 587. The largest absolute Gasteiger partial charge is 0.314 e. The first kappa shape index (κ1) is 14.5. The lowest BCUT2D eigenvalue weighted by Crippen LogP contribution is -2.30. The lowest BCUT2D eigenvalue weighted by atomic mass is 9.85. The first-order valence-electron chi connectivity index (χ1n) is 8.16. The Morgan fingerprint density at radius 1 is 1.24 bits per heavy atom. The van der Waals surface area contributed by atoms with E-state index in [2.05, 4.69) is 33.8 Å². The fourth-order valence-electron chi connectivity index (χ4n) is 3.31. The molecule has 1 fully saturated rings. The van der Waals surface area contributed by atoms with Gasteiger partial charge in [-0.15, -0.1) is 10.2 Å². The molecule has 0 radical (unpaired) electrons. The van der Waals surface area contributed by atoms with Gasteiger partial charge in [-0.05, 0) is 43.2 Å². The zero-order valence-electron chi connectivity index (χ0n) is 13.2. The van der Waals surface area contributed by atoms with E-state index in [1.165, 1.54) is 32.1 Å².